The number of carbonyl (C=O) groups excluding carboxylic acids is 1. The van der Waals surface area contributed by atoms with Gasteiger partial charge in [0.2, 0.25) is 5.78 Å². The minimum Gasteiger partial charge on any atom is -0.482 e. The molecule has 1 unspecified atom stereocenters. The molecule has 0 fully saturated rings. The Morgan fingerprint density at radius 2 is 1.89 bits per heavy atom. The van der Waals surface area contributed by atoms with Crippen molar-refractivity contribution in [2.45, 2.75) is 46.1 Å². The van der Waals surface area contributed by atoms with Crippen molar-refractivity contribution in [3.63, 3.8) is 0 Å². The zero-order valence-electron chi connectivity index (χ0n) is 16.0. The van der Waals surface area contributed by atoms with Crippen LogP contribution in [-0.4, -0.2) is 11.9 Å². The number of hydrogen-bond acceptors (Lipinski definition) is 4. The molecule has 0 bridgehead atoms. The van der Waals surface area contributed by atoms with Gasteiger partial charge < -0.3 is 9.15 Å². The second-order valence-corrected chi connectivity index (χ2v) is 6.82. The van der Waals surface area contributed by atoms with Crippen LogP contribution >= 0.6 is 0 Å². The number of ether oxygens (including phenoxy) is 1. The Balaban J connectivity index is 2.02. The first-order valence-corrected chi connectivity index (χ1v) is 9.33. The van der Waals surface area contributed by atoms with Crippen LogP contribution in [-0.2, 0) is 6.42 Å². The highest BCUT2D eigenvalue weighted by molar-refractivity contribution is 5.99. The van der Waals surface area contributed by atoms with E-state index in [0.29, 0.717) is 16.9 Å². The molecule has 0 amide bonds. The van der Waals surface area contributed by atoms with Crippen LogP contribution in [0.15, 0.2) is 57.7 Å². The fourth-order valence-corrected chi connectivity index (χ4v) is 3.21. The highest BCUT2D eigenvalue weighted by Gasteiger charge is 2.20. The second-order valence-electron chi connectivity index (χ2n) is 6.82. The molecule has 0 aliphatic carbocycles. The van der Waals surface area contributed by atoms with E-state index in [2.05, 4.69) is 6.92 Å². The largest absolute Gasteiger partial charge is 0.482 e. The molecule has 1 aromatic heterocycles. The molecule has 0 N–H and O–H groups in total. The molecule has 0 saturated heterocycles. The third-order valence-electron chi connectivity index (χ3n) is 4.57. The van der Waals surface area contributed by atoms with E-state index in [-0.39, 0.29) is 11.4 Å². The van der Waals surface area contributed by atoms with E-state index in [1.54, 1.807) is 19.1 Å². The van der Waals surface area contributed by atoms with Crippen molar-refractivity contribution in [3.05, 3.63) is 75.6 Å². The highest BCUT2D eigenvalue weighted by Crippen LogP contribution is 2.31. The molecule has 0 radical (unpaired) electrons. The SMILES string of the molecule is CCCCc1cc(=O)oc2cc(C)cc(OC(C)C(=O)c3ccccc3)c12. The van der Waals surface area contributed by atoms with Gasteiger partial charge in [-0.05, 0) is 49.9 Å². The third-order valence-corrected chi connectivity index (χ3v) is 4.57. The van der Waals surface area contributed by atoms with Crippen molar-refractivity contribution in [2.75, 3.05) is 0 Å². The van der Waals surface area contributed by atoms with E-state index < -0.39 is 6.10 Å². The second kappa shape index (κ2) is 8.21. The number of ketones is 1. The van der Waals surface area contributed by atoms with E-state index in [1.807, 2.05) is 37.3 Å². The minimum atomic E-state index is -0.650. The van der Waals surface area contributed by atoms with Gasteiger partial charge >= 0.3 is 5.63 Å². The Labute approximate surface area is 158 Å². The first kappa shape index (κ1) is 18.9. The summed E-state index contributed by atoms with van der Waals surface area (Å²) >= 11 is 0. The smallest absolute Gasteiger partial charge is 0.336 e. The number of hydrogen-bond donors (Lipinski definition) is 0. The predicted molar refractivity (Wildman–Crippen MR) is 107 cm³/mol. The van der Waals surface area contributed by atoms with Crippen LogP contribution in [0, 0.1) is 6.92 Å². The van der Waals surface area contributed by atoms with Crippen molar-refractivity contribution in [1.29, 1.82) is 0 Å². The van der Waals surface area contributed by atoms with Gasteiger partial charge in [0.1, 0.15) is 11.3 Å². The lowest BCUT2D eigenvalue weighted by Gasteiger charge is -2.17. The Hall–Kier alpha value is -2.88. The molecule has 0 saturated carbocycles. The maximum atomic E-state index is 12.7. The topological polar surface area (TPSA) is 56.5 Å². The Morgan fingerprint density at radius 1 is 1.15 bits per heavy atom. The zero-order chi connectivity index (χ0) is 19.4. The van der Waals surface area contributed by atoms with Crippen molar-refractivity contribution < 1.29 is 13.9 Å². The predicted octanol–water partition coefficient (Wildman–Crippen LogP) is 5.09. The summed E-state index contributed by atoms with van der Waals surface area (Å²) in [6.45, 7) is 5.76. The van der Waals surface area contributed by atoms with Gasteiger partial charge in [-0.3, -0.25) is 4.79 Å². The number of benzene rings is 2. The first-order valence-electron chi connectivity index (χ1n) is 9.33. The molecule has 0 aliphatic heterocycles. The number of Topliss-reactive ketones (excluding diaryl/α,β-unsaturated/α-hetero) is 1. The standard InChI is InChI=1S/C23H24O4/c1-4-5-9-18-14-21(24)27-20-13-15(2)12-19(22(18)20)26-16(3)23(25)17-10-7-6-8-11-17/h6-8,10-14,16H,4-5,9H2,1-3H3. The van der Waals surface area contributed by atoms with Gasteiger partial charge in [0.25, 0.3) is 0 Å². The highest BCUT2D eigenvalue weighted by atomic mass is 16.5. The van der Waals surface area contributed by atoms with Crippen molar-refractivity contribution in [1.82, 2.24) is 0 Å². The molecule has 1 atom stereocenters. The van der Waals surface area contributed by atoms with Crippen molar-refractivity contribution >= 4 is 16.8 Å². The molecule has 140 valence electrons. The van der Waals surface area contributed by atoms with E-state index in [9.17, 15) is 9.59 Å². The molecule has 1 heterocycles. The average molecular weight is 364 g/mol. The lowest BCUT2D eigenvalue weighted by molar-refractivity contribution is 0.0820. The van der Waals surface area contributed by atoms with Crippen molar-refractivity contribution in [3.8, 4) is 5.75 Å². The van der Waals surface area contributed by atoms with Gasteiger partial charge in [-0.25, -0.2) is 4.79 Å². The van der Waals surface area contributed by atoms with E-state index >= 15 is 0 Å². The van der Waals surface area contributed by atoms with Crippen LogP contribution < -0.4 is 10.4 Å². The number of carbonyl (C=O) groups is 1. The number of rotatable bonds is 7. The molecule has 27 heavy (non-hydrogen) atoms. The summed E-state index contributed by atoms with van der Waals surface area (Å²) in [7, 11) is 0. The zero-order valence-corrected chi connectivity index (χ0v) is 16.0. The lowest BCUT2D eigenvalue weighted by Crippen LogP contribution is -2.24. The molecule has 0 spiro atoms. The third kappa shape index (κ3) is 4.27. The molecule has 0 aliphatic rings. The molecular formula is C23H24O4. The number of unbranched alkanes of at least 4 members (excludes halogenated alkanes) is 1. The molecule has 4 heteroatoms. The summed E-state index contributed by atoms with van der Waals surface area (Å²) < 4.78 is 11.5. The maximum Gasteiger partial charge on any atom is 0.336 e. The van der Waals surface area contributed by atoms with Gasteiger partial charge in [-0.1, -0.05) is 43.7 Å². The van der Waals surface area contributed by atoms with Crippen molar-refractivity contribution in [2.24, 2.45) is 0 Å². The summed E-state index contributed by atoms with van der Waals surface area (Å²) in [6.07, 6.45) is 2.10. The molecule has 3 aromatic rings. The van der Waals surface area contributed by atoms with Gasteiger partial charge in [0.15, 0.2) is 6.10 Å². The fourth-order valence-electron chi connectivity index (χ4n) is 3.21. The van der Waals surface area contributed by atoms with Crippen LogP contribution in [0.5, 0.6) is 5.75 Å². The summed E-state index contributed by atoms with van der Waals surface area (Å²) in [5.74, 6) is 0.495. The van der Waals surface area contributed by atoms with E-state index in [1.165, 1.54) is 6.07 Å². The molecule has 3 rings (SSSR count). The minimum absolute atomic E-state index is 0.0854. The van der Waals surface area contributed by atoms with Gasteiger partial charge in [0, 0.05) is 11.6 Å². The maximum absolute atomic E-state index is 12.7. The van der Waals surface area contributed by atoms with Gasteiger partial charge in [-0.15, -0.1) is 0 Å². The van der Waals surface area contributed by atoms with Crippen LogP contribution in [0.1, 0.15) is 48.2 Å². The normalized spacial score (nSPS) is 12.1. The fraction of sp³-hybridized carbons (Fsp3) is 0.304. The van der Waals surface area contributed by atoms with Gasteiger partial charge in [0.05, 0.1) is 5.39 Å². The number of aryl methyl sites for hydroxylation is 2. The summed E-state index contributed by atoms with van der Waals surface area (Å²) in [5.41, 5.74) is 2.56. The monoisotopic (exact) mass is 364 g/mol. The quantitative estimate of drug-likeness (QED) is 0.433. The molecule has 2 aromatic carbocycles. The van der Waals surface area contributed by atoms with Crippen LogP contribution in [0.2, 0.25) is 0 Å². The summed E-state index contributed by atoms with van der Waals surface area (Å²) in [4.78, 5) is 24.6. The first-order chi connectivity index (χ1) is 13.0. The Morgan fingerprint density at radius 3 is 2.59 bits per heavy atom. The Bertz CT molecular complexity index is 1000. The molecule has 4 nitrogen and oxygen atoms in total. The average Bonchev–Trinajstić information content (AvgIpc) is 2.65. The van der Waals surface area contributed by atoms with Crippen LogP contribution in [0.25, 0.3) is 11.0 Å². The van der Waals surface area contributed by atoms with E-state index in [4.69, 9.17) is 9.15 Å². The van der Waals surface area contributed by atoms with Crippen LogP contribution in [0.4, 0.5) is 0 Å². The Kier molecular flexibility index (Phi) is 5.75. The summed E-state index contributed by atoms with van der Waals surface area (Å²) in [5, 5.41) is 0.779. The van der Waals surface area contributed by atoms with E-state index in [0.717, 1.165) is 35.8 Å². The summed E-state index contributed by atoms with van der Waals surface area (Å²) in [6, 6.07) is 14.4. The molecular weight excluding hydrogens is 340 g/mol. The number of fused-ring (bicyclic) bond motifs is 1. The lowest BCUT2D eigenvalue weighted by atomic mass is 10.0. The van der Waals surface area contributed by atoms with Gasteiger partial charge in [-0.2, -0.15) is 0 Å². The van der Waals surface area contributed by atoms with Crippen LogP contribution in [0.3, 0.4) is 0 Å².